The summed E-state index contributed by atoms with van der Waals surface area (Å²) in [6.45, 7) is 5.38. The third-order valence-electron chi connectivity index (χ3n) is 7.30. The number of thioether (sulfide) groups is 1. The van der Waals surface area contributed by atoms with E-state index in [1.54, 1.807) is 42.4 Å². The summed E-state index contributed by atoms with van der Waals surface area (Å²) in [5.41, 5.74) is 19.9. The molecule has 0 fully saturated rings. The monoisotopic (exact) mass is 641 g/mol. The lowest BCUT2D eigenvalue weighted by molar-refractivity contribution is 0.473. The van der Waals surface area contributed by atoms with Gasteiger partial charge in [0.1, 0.15) is 5.65 Å². The Labute approximate surface area is 266 Å². The fourth-order valence-corrected chi connectivity index (χ4v) is 6.01. The summed E-state index contributed by atoms with van der Waals surface area (Å²) in [6, 6.07) is 7.30. The van der Waals surface area contributed by atoms with Crippen molar-refractivity contribution in [2.45, 2.75) is 69.4 Å². The molecule has 3 heterocycles. The van der Waals surface area contributed by atoms with Gasteiger partial charge in [-0.25, -0.2) is 9.18 Å². The van der Waals surface area contributed by atoms with Crippen molar-refractivity contribution in [3.05, 3.63) is 69.2 Å². The van der Waals surface area contributed by atoms with Gasteiger partial charge in [-0.15, -0.1) is 11.8 Å². The Kier molecular flexibility index (Phi) is 11.8. The molecule has 236 valence electrons. The second kappa shape index (κ2) is 15.5. The molecule has 0 bridgehead atoms. The van der Waals surface area contributed by atoms with Crippen LogP contribution in [0, 0.1) is 5.82 Å². The maximum absolute atomic E-state index is 15.2. The first-order chi connectivity index (χ1) is 21.1. The van der Waals surface area contributed by atoms with E-state index < -0.39 is 11.5 Å². The number of nitrogens with zero attached hydrogens (tertiary/aromatic N) is 4. The largest absolute Gasteiger partial charge is 0.370 e. The van der Waals surface area contributed by atoms with Crippen molar-refractivity contribution in [1.29, 1.82) is 0 Å². The number of aromatic nitrogens is 4. The van der Waals surface area contributed by atoms with Crippen LogP contribution in [0.2, 0.25) is 5.02 Å². The van der Waals surface area contributed by atoms with Crippen molar-refractivity contribution >= 4 is 40.4 Å². The number of aryl methyl sites for hydroxylation is 1. The third-order valence-corrected chi connectivity index (χ3v) is 8.35. The maximum Gasteiger partial charge on any atom is 0.354 e. The van der Waals surface area contributed by atoms with Crippen LogP contribution in [-0.4, -0.2) is 50.9 Å². The Bertz CT molecular complexity index is 1670. The van der Waals surface area contributed by atoms with Crippen molar-refractivity contribution < 1.29 is 4.39 Å². The average Bonchev–Trinajstić information content (AvgIpc) is 3.39. The average molecular weight is 642 g/mol. The zero-order valence-corrected chi connectivity index (χ0v) is 26.9. The molecule has 10 nitrogen and oxygen atoms in total. The summed E-state index contributed by atoms with van der Waals surface area (Å²) in [5, 5.41) is 4.27. The van der Waals surface area contributed by atoms with Crippen LogP contribution in [0.25, 0.3) is 28.0 Å². The minimum absolute atomic E-state index is 0.0384. The number of fused-ring (bicyclic) bond motifs is 1. The number of H-pyrrole nitrogens is 1. The fraction of sp³-hybridized carbons (Fsp3) is 0.419. The highest BCUT2D eigenvalue weighted by atomic mass is 35.5. The molecule has 44 heavy (non-hydrogen) atoms. The quantitative estimate of drug-likeness (QED) is 0.0520. The smallest absolute Gasteiger partial charge is 0.354 e. The van der Waals surface area contributed by atoms with E-state index in [4.69, 9.17) is 33.8 Å². The molecule has 0 aliphatic heterocycles. The van der Waals surface area contributed by atoms with Crippen LogP contribution in [0.15, 0.2) is 51.3 Å². The minimum Gasteiger partial charge on any atom is -0.370 e. The summed E-state index contributed by atoms with van der Waals surface area (Å²) >= 11 is 7.83. The zero-order valence-electron chi connectivity index (χ0n) is 25.4. The predicted molar refractivity (Wildman–Crippen MR) is 179 cm³/mol. The van der Waals surface area contributed by atoms with E-state index in [1.807, 2.05) is 19.2 Å². The SMILES string of the molecule is CCCC(NCCCN=C(N)N)c1ncc(-n2cc3cc(-c4cc(CCCC(C)N)cc(Cl)c4F)[nH]c3nc2=O)cc1SC. The molecule has 0 saturated heterocycles. The van der Waals surface area contributed by atoms with Crippen molar-refractivity contribution in [1.82, 2.24) is 24.8 Å². The number of pyridine rings is 1. The number of halogens is 2. The van der Waals surface area contributed by atoms with Gasteiger partial charge in [-0.1, -0.05) is 24.9 Å². The van der Waals surface area contributed by atoms with Gasteiger partial charge in [0.2, 0.25) is 0 Å². The Morgan fingerprint density at radius 2 is 2.02 bits per heavy atom. The number of hydrogen-bond acceptors (Lipinski definition) is 7. The van der Waals surface area contributed by atoms with Crippen LogP contribution in [0.4, 0.5) is 4.39 Å². The molecule has 1 aromatic carbocycles. The molecule has 0 amide bonds. The molecule has 8 N–H and O–H groups in total. The molecular formula is C31H41ClFN9OS. The maximum atomic E-state index is 15.2. The van der Waals surface area contributed by atoms with E-state index in [2.05, 4.69) is 27.2 Å². The molecule has 2 unspecified atom stereocenters. The van der Waals surface area contributed by atoms with Gasteiger partial charge in [0.25, 0.3) is 0 Å². The van der Waals surface area contributed by atoms with Gasteiger partial charge >= 0.3 is 5.69 Å². The predicted octanol–water partition coefficient (Wildman–Crippen LogP) is 5.05. The van der Waals surface area contributed by atoms with Crippen LogP contribution in [0.3, 0.4) is 0 Å². The Morgan fingerprint density at radius 3 is 2.73 bits per heavy atom. The van der Waals surface area contributed by atoms with E-state index in [0.29, 0.717) is 34.5 Å². The molecule has 3 aromatic heterocycles. The summed E-state index contributed by atoms with van der Waals surface area (Å²) in [4.78, 5) is 30.3. The van der Waals surface area contributed by atoms with Crippen LogP contribution in [0.1, 0.15) is 63.3 Å². The van der Waals surface area contributed by atoms with Gasteiger partial charge in [0.15, 0.2) is 11.8 Å². The Hall–Kier alpha value is -3.45. The summed E-state index contributed by atoms with van der Waals surface area (Å²) in [7, 11) is 0. The second-order valence-corrected chi connectivity index (χ2v) is 12.2. The topological polar surface area (TPSA) is 166 Å². The Balaban J connectivity index is 1.62. The minimum atomic E-state index is -0.528. The van der Waals surface area contributed by atoms with E-state index >= 15 is 4.39 Å². The first kappa shape index (κ1) is 33.4. The summed E-state index contributed by atoms with van der Waals surface area (Å²) in [6.07, 6.45) is 10.5. The molecule has 4 aromatic rings. The molecule has 0 radical (unpaired) electrons. The molecule has 2 atom stereocenters. The molecule has 0 aliphatic carbocycles. The summed E-state index contributed by atoms with van der Waals surface area (Å²) in [5.74, 6) is -0.439. The number of aromatic amines is 1. The number of guanidine groups is 1. The molecule has 0 spiro atoms. The zero-order chi connectivity index (χ0) is 31.8. The van der Waals surface area contributed by atoms with Crippen molar-refractivity contribution in [3.8, 4) is 16.9 Å². The number of rotatable bonds is 15. The molecule has 0 aliphatic rings. The number of nitrogens with two attached hydrogens (primary N) is 3. The van der Waals surface area contributed by atoms with Crippen molar-refractivity contribution in [2.24, 2.45) is 22.2 Å². The van der Waals surface area contributed by atoms with Gasteiger partial charge in [-0.05, 0) is 81.7 Å². The van der Waals surface area contributed by atoms with E-state index in [1.165, 1.54) is 4.57 Å². The number of hydrogen-bond donors (Lipinski definition) is 5. The van der Waals surface area contributed by atoms with Gasteiger partial charge in [0, 0.05) is 34.6 Å². The van der Waals surface area contributed by atoms with Crippen LogP contribution < -0.4 is 28.2 Å². The normalized spacial score (nSPS) is 12.9. The van der Waals surface area contributed by atoms with Gasteiger partial charge in [0.05, 0.1) is 34.3 Å². The van der Waals surface area contributed by atoms with Crippen LogP contribution in [-0.2, 0) is 6.42 Å². The highest BCUT2D eigenvalue weighted by molar-refractivity contribution is 7.98. The van der Waals surface area contributed by atoms with E-state index in [0.717, 1.165) is 61.2 Å². The first-order valence-electron chi connectivity index (χ1n) is 14.8. The van der Waals surface area contributed by atoms with Crippen molar-refractivity contribution in [2.75, 3.05) is 19.3 Å². The molecular weight excluding hydrogens is 601 g/mol. The third kappa shape index (κ3) is 8.38. The number of aliphatic imine (C=N–C) groups is 1. The van der Waals surface area contributed by atoms with Crippen LogP contribution in [0.5, 0.6) is 0 Å². The van der Waals surface area contributed by atoms with E-state index in [9.17, 15) is 4.79 Å². The van der Waals surface area contributed by atoms with Gasteiger partial charge in [-0.2, -0.15) is 4.98 Å². The standard InChI is InChI=1S/C31H41ClFN9OS/c1-4-7-24(37-10-6-11-38-30(35)36)28-26(44-3)15-21(16-39-28)42-17-20-14-25(40-29(20)41-31(42)43)22-12-19(9-5-8-18(2)34)13-23(32)27(22)33/h12-18,24,37H,4-11,34H2,1-3H3,(H4,35,36,38)(H,40,41,43). The lowest BCUT2D eigenvalue weighted by atomic mass is 10.0. The summed E-state index contributed by atoms with van der Waals surface area (Å²) < 4.78 is 16.6. The van der Waals surface area contributed by atoms with E-state index in [-0.39, 0.29) is 23.1 Å². The first-order valence-corrected chi connectivity index (χ1v) is 16.4. The number of benzene rings is 1. The lowest BCUT2D eigenvalue weighted by Gasteiger charge is -2.20. The second-order valence-electron chi connectivity index (χ2n) is 10.9. The fourth-order valence-electron chi connectivity index (χ4n) is 5.13. The van der Waals surface area contributed by atoms with Crippen molar-refractivity contribution in [3.63, 3.8) is 0 Å². The van der Waals surface area contributed by atoms with Gasteiger partial charge < -0.3 is 27.5 Å². The van der Waals surface area contributed by atoms with Gasteiger partial charge in [-0.3, -0.25) is 14.5 Å². The lowest BCUT2D eigenvalue weighted by Crippen LogP contribution is -2.26. The Morgan fingerprint density at radius 1 is 1.23 bits per heavy atom. The highest BCUT2D eigenvalue weighted by Gasteiger charge is 2.19. The molecule has 4 rings (SSSR count). The van der Waals surface area contributed by atoms with Crippen LogP contribution >= 0.6 is 23.4 Å². The molecule has 13 heteroatoms. The highest BCUT2D eigenvalue weighted by Crippen LogP contribution is 2.32. The molecule has 0 saturated carbocycles. The number of nitrogens with one attached hydrogen (secondary N) is 2.